The van der Waals surface area contributed by atoms with E-state index in [1.165, 1.54) is 19.3 Å². The lowest BCUT2D eigenvalue weighted by Crippen LogP contribution is -2.51. The van der Waals surface area contributed by atoms with Gasteiger partial charge >= 0.3 is 0 Å². The predicted molar refractivity (Wildman–Crippen MR) is 94.4 cm³/mol. The van der Waals surface area contributed by atoms with Crippen LogP contribution in [-0.2, 0) is 4.79 Å². The third-order valence-electron chi connectivity index (χ3n) is 6.58. The van der Waals surface area contributed by atoms with E-state index in [1.807, 2.05) is 0 Å². The summed E-state index contributed by atoms with van der Waals surface area (Å²) in [6.45, 7) is 0. The van der Waals surface area contributed by atoms with Crippen LogP contribution in [0, 0.1) is 23.2 Å². The van der Waals surface area contributed by atoms with Crippen molar-refractivity contribution < 1.29 is 4.79 Å². The summed E-state index contributed by atoms with van der Waals surface area (Å²) in [7, 11) is 0. The van der Waals surface area contributed by atoms with Crippen LogP contribution in [0.2, 0.25) is 0 Å². The van der Waals surface area contributed by atoms with Crippen LogP contribution in [0.25, 0.3) is 10.8 Å². The summed E-state index contributed by atoms with van der Waals surface area (Å²) in [5.41, 5.74) is -0.344. The summed E-state index contributed by atoms with van der Waals surface area (Å²) in [6, 6.07) is 4.90. The first kappa shape index (κ1) is 14.9. The average Bonchev–Trinajstić information content (AvgIpc) is 2.57. The zero-order chi connectivity index (χ0) is 17.2. The molecule has 0 atom stereocenters. The number of carbonyl (C=O) groups excluding carboxylic acids is 1. The van der Waals surface area contributed by atoms with Gasteiger partial charge in [-0.3, -0.25) is 24.6 Å². The Balaban J connectivity index is 1.47. The number of fused-ring (bicyclic) bond motifs is 1. The Kier molecular flexibility index (Phi) is 3.03. The fraction of sp³-hybridized carbons (Fsp3) is 0.526. The SMILES string of the molecule is O=C(Nc1ccc2c(=O)[nH][nH]c(=O)c2c1)C12CC3CC(CC(C3)C1)C2. The first-order valence-corrected chi connectivity index (χ1v) is 9.09. The monoisotopic (exact) mass is 339 g/mol. The van der Waals surface area contributed by atoms with Crippen molar-refractivity contribution >= 4 is 22.4 Å². The molecule has 4 saturated carbocycles. The normalized spacial score (nSPS) is 32.9. The molecule has 2 aromatic rings. The van der Waals surface area contributed by atoms with Crippen molar-refractivity contribution in [1.29, 1.82) is 0 Å². The Bertz CT molecular complexity index is 952. The Morgan fingerprint density at radius 1 is 0.920 bits per heavy atom. The van der Waals surface area contributed by atoms with Gasteiger partial charge in [-0.2, -0.15) is 0 Å². The van der Waals surface area contributed by atoms with E-state index in [0.29, 0.717) is 34.2 Å². The second kappa shape index (κ2) is 5.07. The van der Waals surface area contributed by atoms with E-state index in [4.69, 9.17) is 0 Å². The Hall–Kier alpha value is -2.37. The summed E-state index contributed by atoms with van der Waals surface area (Å²) in [5, 5.41) is 8.30. The van der Waals surface area contributed by atoms with Crippen LogP contribution < -0.4 is 16.4 Å². The maximum absolute atomic E-state index is 13.1. The lowest BCUT2D eigenvalue weighted by Gasteiger charge is -2.55. The summed E-state index contributed by atoms with van der Waals surface area (Å²) in [6.07, 6.45) is 6.87. The van der Waals surface area contributed by atoms with Crippen LogP contribution in [0.5, 0.6) is 0 Å². The second-order valence-corrected chi connectivity index (χ2v) is 8.32. The largest absolute Gasteiger partial charge is 0.326 e. The number of hydrogen-bond donors (Lipinski definition) is 3. The molecule has 1 amide bonds. The first-order valence-electron chi connectivity index (χ1n) is 9.09. The van der Waals surface area contributed by atoms with Gasteiger partial charge in [-0.15, -0.1) is 0 Å². The summed E-state index contributed by atoms with van der Waals surface area (Å²) >= 11 is 0. The molecule has 0 aliphatic heterocycles. The van der Waals surface area contributed by atoms with Gasteiger partial charge in [-0.05, 0) is 74.5 Å². The third kappa shape index (κ3) is 2.27. The van der Waals surface area contributed by atoms with Gasteiger partial charge in [-0.1, -0.05) is 0 Å². The minimum Gasteiger partial charge on any atom is -0.326 e. The van der Waals surface area contributed by atoms with Gasteiger partial charge in [0.05, 0.1) is 16.2 Å². The van der Waals surface area contributed by atoms with E-state index < -0.39 is 0 Å². The van der Waals surface area contributed by atoms with Crippen molar-refractivity contribution in [2.75, 3.05) is 5.32 Å². The van der Waals surface area contributed by atoms with Gasteiger partial charge in [0, 0.05) is 5.69 Å². The minimum atomic E-state index is -0.361. The highest BCUT2D eigenvalue weighted by atomic mass is 16.2. The molecule has 1 heterocycles. The quantitative estimate of drug-likeness (QED) is 0.784. The van der Waals surface area contributed by atoms with Gasteiger partial charge in [0.1, 0.15) is 0 Å². The van der Waals surface area contributed by atoms with Crippen molar-refractivity contribution in [2.24, 2.45) is 23.2 Å². The lowest BCUT2D eigenvalue weighted by molar-refractivity contribution is -0.140. The predicted octanol–water partition coefficient (Wildman–Crippen LogP) is 2.37. The van der Waals surface area contributed by atoms with Gasteiger partial charge in [0.15, 0.2) is 0 Å². The standard InChI is InChI=1S/C19H21N3O3/c23-16-14-2-1-13(6-15(14)17(24)22-21-16)20-18(25)19-7-10-3-11(8-19)5-12(4-10)9-19/h1-2,6,10-12H,3-5,7-9H2,(H,20,25)(H,21,23)(H,22,24). The lowest BCUT2D eigenvalue weighted by atomic mass is 9.49. The zero-order valence-electron chi connectivity index (χ0n) is 13.9. The zero-order valence-corrected chi connectivity index (χ0v) is 13.9. The van der Waals surface area contributed by atoms with Crippen LogP contribution in [0.1, 0.15) is 38.5 Å². The van der Waals surface area contributed by atoms with E-state index in [-0.39, 0.29) is 22.4 Å². The number of anilines is 1. The van der Waals surface area contributed by atoms with Crippen molar-refractivity contribution in [1.82, 2.24) is 10.2 Å². The number of hydrogen-bond acceptors (Lipinski definition) is 3. The van der Waals surface area contributed by atoms with Gasteiger partial charge in [0.25, 0.3) is 11.1 Å². The Morgan fingerprint density at radius 3 is 2.08 bits per heavy atom. The highest BCUT2D eigenvalue weighted by Crippen LogP contribution is 2.60. The number of H-pyrrole nitrogens is 2. The number of amides is 1. The molecule has 4 aliphatic rings. The molecule has 4 bridgehead atoms. The molecule has 130 valence electrons. The van der Waals surface area contributed by atoms with E-state index in [0.717, 1.165) is 19.3 Å². The van der Waals surface area contributed by atoms with E-state index in [9.17, 15) is 14.4 Å². The molecule has 25 heavy (non-hydrogen) atoms. The molecule has 4 fully saturated rings. The summed E-state index contributed by atoms with van der Waals surface area (Å²) in [4.78, 5) is 36.8. The molecule has 6 nitrogen and oxygen atoms in total. The molecule has 6 rings (SSSR count). The second-order valence-electron chi connectivity index (χ2n) is 8.32. The average molecular weight is 339 g/mol. The van der Waals surface area contributed by atoms with Crippen LogP contribution in [0.15, 0.2) is 27.8 Å². The Labute approximate surface area is 144 Å². The van der Waals surface area contributed by atoms with Crippen LogP contribution in [0.3, 0.4) is 0 Å². The molecule has 0 spiro atoms. The smallest absolute Gasteiger partial charge is 0.270 e. The van der Waals surface area contributed by atoms with Crippen LogP contribution >= 0.6 is 0 Å². The highest BCUT2D eigenvalue weighted by Gasteiger charge is 2.54. The number of carbonyl (C=O) groups is 1. The fourth-order valence-corrected chi connectivity index (χ4v) is 5.91. The van der Waals surface area contributed by atoms with E-state index in [1.54, 1.807) is 18.2 Å². The van der Waals surface area contributed by atoms with Gasteiger partial charge in [0.2, 0.25) is 5.91 Å². The van der Waals surface area contributed by atoms with Gasteiger partial charge < -0.3 is 5.32 Å². The number of aromatic amines is 2. The first-order chi connectivity index (χ1) is 12.0. The number of benzene rings is 1. The van der Waals surface area contributed by atoms with Crippen LogP contribution in [-0.4, -0.2) is 16.1 Å². The molecule has 1 aromatic carbocycles. The van der Waals surface area contributed by atoms with Crippen LogP contribution in [0.4, 0.5) is 5.69 Å². The van der Waals surface area contributed by atoms with Crippen molar-refractivity contribution in [3.05, 3.63) is 38.9 Å². The topological polar surface area (TPSA) is 94.8 Å². The van der Waals surface area contributed by atoms with E-state index >= 15 is 0 Å². The van der Waals surface area contributed by atoms with Crippen molar-refractivity contribution in [2.45, 2.75) is 38.5 Å². The van der Waals surface area contributed by atoms with Crippen molar-refractivity contribution in [3.63, 3.8) is 0 Å². The Morgan fingerprint density at radius 2 is 1.48 bits per heavy atom. The maximum atomic E-state index is 13.1. The molecular formula is C19H21N3O3. The molecule has 0 saturated heterocycles. The number of nitrogens with one attached hydrogen (secondary N) is 3. The molecule has 0 unspecified atom stereocenters. The fourth-order valence-electron chi connectivity index (χ4n) is 5.91. The molecule has 1 aromatic heterocycles. The van der Waals surface area contributed by atoms with E-state index in [2.05, 4.69) is 15.5 Å². The third-order valence-corrected chi connectivity index (χ3v) is 6.58. The molecule has 3 N–H and O–H groups in total. The van der Waals surface area contributed by atoms with Crippen molar-refractivity contribution in [3.8, 4) is 0 Å². The molecule has 0 radical (unpaired) electrons. The highest BCUT2D eigenvalue weighted by molar-refractivity contribution is 5.97. The number of aromatic nitrogens is 2. The molecule has 6 heteroatoms. The number of rotatable bonds is 2. The summed E-state index contributed by atoms with van der Waals surface area (Å²) in [5.74, 6) is 2.20. The van der Waals surface area contributed by atoms with Gasteiger partial charge in [-0.25, -0.2) is 0 Å². The molecular weight excluding hydrogens is 318 g/mol. The minimum absolute atomic E-state index is 0.0900. The maximum Gasteiger partial charge on any atom is 0.270 e. The molecule has 4 aliphatic carbocycles. The summed E-state index contributed by atoms with van der Waals surface area (Å²) < 4.78 is 0.